The van der Waals surface area contributed by atoms with Gasteiger partial charge in [0.15, 0.2) is 0 Å². The molecule has 5 rings (SSSR count). The molecule has 34 heavy (non-hydrogen) atoms. The van der Waals surface area contributed by atoms with Crippen molar-refractivity contribution in [2.24, 2.45) is 9.98 Å². The number of nitrogens with zero attached hydrogens (tertiary/aromatic N) is 2. The van der Waals surface area contributed by atoms with Crippen LogP contribution in [0.25, 0.3) is 10.8 Å². The zero-order valence-corrected chi connectivity index (χ0v) is 21.4. The fraction of sp³-hybridized carbons (Fsp3) is 0.194. The summed E-state index contributed by atoms with van der Waals surface area (Å²) in [5.74, 6) is 0.800. The maximum atomic E-state index is 5.26. The quantitative estimate of drug-likeness (QED) is 0.202. The summed E-state index contributed by atoms with van der Waals surface area (Å²) >= 11 is 0. The molecule has 0 N–H and O–H groups in total. The van der Waals surface area contributed by atoms with Crippen LogP contribution in [0.2, 0.25) is 0 Å². The van der Waals surface area contributed by atoms with Crippen molar-refractivity contribution in [3.8, 4) is 0 Å². The van der Waals surface area contributed by atoms with E-state index in [1.54, 1.807) is 0 Å². The Balaban J connectivity index is 0.00000162. The summed E-state index contributed by atoms with van der Waals surface area (Å²) in [6, 6.07) is 29.9. The van der Waals surface area contributed by atoms with Gasteiger partial charge in [0.05, 0.1) is 22.8 Å². The Kier molecular flexibility index (Phi) is 7.90. The molecular formula is C31H31N2Ni+. The first-order valence-corrected chi connectivity index (χ1v) is 11.4. The average molecular weight is 490 g/mol. The minimum atomic E-state index is 0. The van der Waals surface area contributed by atoms with E-state index in [-0.39, 0.29) is 23.9 Å². The summed E-state index contributed by atoms with van der Waals surface area (Å²) in [7, 11) is 0. The van der Waals surface area contributed by atoms with E-state index < -0.39 is 0 Å². The molecule has 0 atom stereocenters. The van der Waals surface area contributed by atoms with Crippen LogP contribution in [-0.2, 0) is 16.5 Å². The van der Waals surface area contributed by atoms with Gasteiger partial charge in [0, 0.05) is 16.5 Å². The predicted molar refractivity (Wildman–Crippen MR) is 144 cm³/mol. The van der Waals surface area contributed by atoms with Crippen LogP contribution in [0.3, 0.4) is 0 Å². The number of benzene rings is 4. The van der Waals surface area contributed by atoms with Crippen molar-refractivity contribution in [3.63, 3.8) is 0 Å². The molecule has 1 aliphatic rings. The fourth-order valence-corrected chi connectivity index (χ4v) is 4.61. The van der Waals surface area contributed by atoms with Crippen LogP contribution in [0.1, 0.15) is 61.8 Å². The second-order valence-electron chi connectivity index (χ2n) is 9.06. The first kappa shape index (κ1) is 25.6. The Morgan fingerprint density at radius 2 is 0.941 bits per heavy atom. The maximum absolute atomic E-state index is 5.26. The molecule has 0 spiro atoms. The summed E-state index contributed by atoms with van der Waals surface area (Å²) in [6.07, 6.45) is 0. The molecule has 0 saturated carbocycles. The zero-order valence-electron chi connectivity index (χ0n) is 20.4. The molecule has 0 unspecified atom stereocenters. The van der Waals surface area contributed by atoms with Crippen molar-refractivity contribution in [1.29, 1.82) is 0 Å². The molecular weight excluding hydrogens is 459 g/mol. The standard InChI is InChI=1S/C30H28N2.CH3.Ni/c1-19(2)22-13-5-7-17-26(22)31-29-24-15-9-11-21-12-10-16-25(28(21)24)30(29)32-27-18-8-6-14-23(27)20(3)4;;/h5-20H,1-4H3;1H3;/q;-1;+2. The predicted octanol–water partition coefficient (Wildman–Crippen LogP) is 8.79. The van der Waals surface area contributed by atoms with Crippen molar-refractivity contribution in [2.45, 2.75) is 39.5 Å². The minimum absolute atomic E-state index is 0. The summed E-state index contributed by atoms with van der Waals surface area (Å²) < 4.78 is 0. The van der Waals surface area contributed by atoms with Crippen molar-refractivity contribution >= 4 is 33.6 Å². The average Bonchev–Trinajstić information content (AvgIpc) is 3.09. The van der Waals surface area contributed by atoms with Gasteiger partial charge >= 0.3 is 16.5 Å². The van der Waals surface area contributed by atoms with E-state index >= 15 is 0 Å². The van der Waals surface area contributed by atoms with Crippen LogP contribution >= 0.6 is 0 Å². The van der Waals surface area contributed by atoms with E-state index in [9.17, 15) is 0 Å². The van der Waals surface area contributed by atoms with E-state index in [2.05, 4.69) is 113 Å². The van der Waals surface area contributed by atoms with Gasteiger partial charge in [-0.1, -0.05) is 100 Å². The van der Waals surface area contributed by atoms with Crippen molar-refractivity contribution < 1.29 is 16.5 Å². The molecule has 0 aromatic heterocycles. The molecule has 0 saturated heterocycles. The summed E-state index contributed by atoms with van der Waals surface area (Å²) in [6.45, 7) is 8.88. The Morgan fingerprint density at radius 3 is 1.35 bits per heavy atom. The van der Waals surface area contributed by atoms with Gasteiger partial charge in [0.1, 0.15) is 0 Å². The molecule has 174 valence electrons. The van der Waals surface area contributed by atoms with Crippen LogP contribution in [-0.4, -0.2) is 11.4 Å². The van der Waals surface area contributed by atoms with Gasteiger partial charge in [0.25, 0.3) is 0 Å². The van der Waals surface area contributed by atoms with Crippen LogP contribution in [0.4, 0.5) is 11.4 Å². The first-order valence-electron chi connectivity index (χ1n) is 11.4. The molecule has 4 aromatic rings. The first-order chi connectivity index (χ1) is 15.5. The number of para-hydroxylation sites is 2. The zero-order chi connectivity index (χ0) is 22.2. The number of hydrogen-bond donors (Lipinski definition) is 0. The van der Waals surface area contributed by atoms with Gasteiger partial charge in [0.2, 0.25) is 0 Å². The van der Waals surface area contributed by atoms with Gasteiger partial charge in [-0.15, -0.1) is 0 Å². The Labute approximate surface area is 213 Å². The van der Waals surface area contributed by atoms with E-state index in [1.165, 1.54) is 21.9 Å². The SMILES string of the molecule is CC(C)c1ccccc1N=C1C(=Nc2ccccc2C(C)C)c2cccc3cccc1c23.[CH3-].[Ni+2]. The number of hydrogen-bond acceptors (Lipinski definition) is 2. The maximum Gasteiger partial charge on any atom is 2.00 e. The molecule has 0 amide bonds. The smallest absolute Gasteiger partial charge is 0.358 e. The minimum Gasteiger partial charge on any atom is -0.358 e. The second-order valence-corrected chi connectivity index (χ2v) is 9.06. The van der Waals surface area contributed by atoms with Crippen LogP contribution < -0.4 is 0 Å². The van der Waals surface area contributed by atoms with Crippen LogP contribution in [0.5, 0.6) is 0 Å². The van der Waals surface area contributed by atoms with Gasteiger partial charge < -0.3 is 7.43 Å². The van der Waals surface area contributed by atoms with E-state index in [0.29, 0.717) is 11.8 Å². The van der Waals surface area contributed by atoms with Gasteiger partial charge in [-0.3, -0.25) is 0 Å². The molecule has 2 nitrogen and oxygen atoms in total. The topological polar surface area (TPSA) is 24.7 Å². The van der Waals surface area contributed by atoms with Crippen molar-refractivity contribution in [3.05, 3.63) is 115 Å². The van der Waals surface area contributed by atoms with E-state index in [4.69, 9.17) is 9.98 Å². The molecule has 1 aliphatic carbocycles. The molecule has 0 fully saturated rings. The molecule has 0 radical (unpaired) electrons. The van der Waals surface area contributed by atoms with Crippen molar-refractivity contribution in [2.75, 3.05) is 0 Å². The van der Waals surface area contributed by atoms with E-state index in [0.717, 1.165) is 33.9 Å². The van der Waals surface area contributed by atoms with Crippen LogP contribution in [0.15, 0.2) is 94.9 Å². The molecule has 3 heteroatoms. The summed E-state index contributed by atoms with van der Waals surface area (Å²) in [5.41, 5.74) is 8.80. The van der Waals surface area contributed by atoms with Gasteiger partial charge in [-0.2, -0.15) is 0 Å². The summed E-state index contributed by atoms with van der Waals surface area (Å²) in [4.78, 5) is 10.5. The van der Waals surface area contributed by atoms with Crippen molar-refractivity contribution in [1.82, 2.24) is 0 Å². The third kappa shape index (κ3) is 4.50. The Bertz CT molecular complexity index is 1280. The Morgan fingerprint density at radius 1 is 0.529 bits per heavy atom. The number of rotatable bonds is 4. The molecule has 0 aliphatic heterocycles. The van der Waals surface area contributed by atoms with Crippen LogP contribution in [0, 0.1) is 7.43 Å². The monoisotopic (exact) mass is 489 g/mol. The molecule has 4 aromatic carbocycles. The van der Waals surface area contributed by atoms with Gasteiger partial charge in [-0.05, 0) is 40.5 Å². The van der Waals surface area contributed by atoms with E-state index in [1.807, 2.05) is 0 Å². The largest absolute Gasteiger partial charge is 2.00 e. The third-order valence-electron chi connectivity index (χ3n) is 6.22. The second kappa shape index (κ2) is 10.5. The normalized spacial score (nSPS) is 14.6. The molecule has 0 heterocycles. The molecule has 0 bridgehead atoms. The Hall–Kier alpha value is -3.03. The fourth-order valence-electron chi connectivity index (χ4n) is 4.61. The summed E-state index contributed by atoms with van der Waals surface area (Å²) in [5, 5.41) is 2.48. The van der Waals surface area contributed by atoms with Gasteiger partial charge in [-0.25, -0.2) is 9.98 Å². The number of aliphatic imine (C=N–C) groups is 2. The third-order valence-corrected chi connectivity index (χ3v) is 6.22.